The summed E-state index contributed by atoms with van der Waals surface area (Å²) in [6.07, 6.45) is 5.95. The third-order valence-corrected chi connectivity index (χ3v) is 3.65. The van der Waals surface area contributed by atoms with Crippen LogP contribution in [0.4, 0.5) is 5.69 Å². The van der Waals surface area contributed by atoms with Crippen LogP contribution in [0.1, 0.15) is 24.8 Å². The van der Waals surface area contributed by atoms with Gasteiger partial charge in [-0.1, -0.05) is 18.2 Å². The number of anilines is 1. The molecule has 3 rings (SSSR count). The van der Waals surface area contributed by atoms with Gasteiger partial charge in [0.15, 0.2) is 0 Å². The Labute approximate surface area is 102 Å². The Bertz CT molecular complexity index is 527. The van der Waals surface area contributed by atoms with Gasteiger partial charge < -0.3 is 4.90 Å². The Morgan fingerprint density at radius 1 is 1.06 bits per heavy atom. The van der Waals surface area contributed by atoms with Crippen molar-refractivity contribution >= 4 is 16.6 Å². The van der Waals surface area contributed by atoms with Crippen LogP contribution in [0.3, 0.4) is 0 Å². The topological polar surface area (TPSA) is 16.1 Å². The van der Waals surface area contributed by atoms with Crippen molar-refractivity contribution in [2.24, 2.45) is 0 Å². The molecule has 0 unspecified atom stereocenters. The van der Waals surface area contributed by atoms with Crippen LogP contribution in [0.25, 0.3) is 10.9 Å². The van der Waals surface area contributed by atoms with Crippen LogP contribution in [0, 0.1) is 6.92 Å². The third kappa shape index (κ3) is 1.88. The van der Waals surface area contributed by atoms with Gasteiger partial charge >= 0.3 is 0 Å². The number of para-hydroxylation sites is 1. The second kappa shape index (κ2) is 4.36. The summed E-state index contributed by atoms with van der Waals surface area (Å²) in [7, 11) is 0. The van der Waals surface area contributed by atoms with E-state index in [4.69, 9.17) is 0 Å². The van der Waals surface area contributed by atoms with Crippen molar-refractivity contribution in [3.8, 4) is 0 Å². The number of aromatic nitrogens is 1. The second-order valence-corrected chi connectivity index (χ2v) is 4.85. The van der Waals surface area contributed by atoms with Gasteiger partial charge in [0.25, 0.3) is 0 Å². The fourth-order valence-electron chi connectivity index (χ4n) is 2.72. The number of piperidine rings is 1. The average molecular weight is 226 g/mol. The molecule has 2 aromatic rings. The van der Waals surface area contributed by atoms with Gasteiger partial charge in [0, 0.05) is 30.4 Å². The lowest BCUT2D eigenvalue weighted by atomic mass is 10.1. The molecule has 1 saturated heterocycles. The summed E-state index contributed by atoms with van der Waals surface area (Å²) in [4.78, 5) is 7.02. The molecule has 0 bridgehead atoms. The molecule has 1 aromatic carbocycles. The molecule has 0 N–H and O–H groups in total. The lowest BCUT2D eigenvalue weighted by Gasteiger charge is -2.29. The van der Waals surface area contributed by atoms with E-state index in [0.29, 0.717) is 0 Å². The quantitative estimate of drug-likeness (QED) is 0.739. The predicted octanol–water partition coefficient (Wildman–Crippen LogP) is 3.53. The first-order valence-corrected chi connectivity index (χ1v) is 6.45. The van der Waals surface area contributed by atoms with Gasteiger partial charge in [-0.05, 0) is 37.8 Å². The smallest absolute Gasteiger partial charge is 0.0751 e. The third-order valence-electron chi connectivity index (χ3n) is 3.65. The van der Waals surface area contributed by atoms with Gasteiger partial charge in [-0.2, -0.15) is 0 Å². The standard InChI is InChI=1S/C15H18N2/c1-12-6-5-7-13-14(8-9-16-15(12)13)17-10-3-2-4-11-17/h5-9H,2-4,10-11H2,1H3. The van der Waals surface area contributed by atoms with Crippen molar-refractivity contribution < 1.29 is 0 Å². The molecule has 1 fully saturated rings. The Morgan fingerprint density at radius 3 is 2.71 bits per heavy atom. The molecule has 0 saturated carbocycles. The fraction of sp³-hybridized carbons (Fsp3) is 0.400. The second-order valence-electron chi connectivity index (χ2n) is 4.85. The maximum Gasteiger partial charge on any atom is 0.0751 e. The number of aryl methyl sites for hydroxylation is 1. The number of benzene rings is 1. The van der Waals surface area contributed by atoms with Gasteiger partial charge in [-0.3, -0.25) is 4.98 Å². The van der Waals surface area contributed by atoms with E-state index in [2.05, 4.69) is 41.1 Å². The molecule has 0 aliphatic carbocycles. The largest absolute Gasteiger partial charge is 0.371 e. The highest BCUT2D eigenvalue weighted by Crippen LogP contribution is 2.28. The Morgan fingerprint density at radius 2 is 1.88 bits per heavy atom. The molecule has 0 atom stereocenters. The van der Waals surface area contributed by atoms with E-state index in [-0.39, 0.29) is 0 Å². The van der Waals surface area contributed by atoms with E-state index in [1.165, 1.54) is 49.0 Å². The van der Waals surface area contributed by atoms with E-state index in [1.807, 2.05) is 6.20 Å². The van der Waals surface area contributed by atoms with Crippen LogP contribution in [0.5, 0.6) is 0 Å². The van der Waals surface area contributed by atoms with Crippen molar-refractivity contribution in [2.45, 2.75) is 26.2 Å². The van der Waals surface area contributed by atoms with Crippen LogP contribution in [-0.2, 0) is 0 Å². The number of hydrogen-bond donors (Lipinski definition) is 0. The Kier molecular flexibility index (Phi) is 2.71. The normalized spacial score (nSPS) is 16.4. The van der Waals surface area contributed by atoms with Crippen LogP contribution in [-0.4, -0.2) is 18.1 Å². The lowest BCUT2D eigenvalue weighted by molar-refractivity contribution is 0.579. The number of nitrogens with zero attached hydrogens (tertiary/aromatic N) is 2. The first kappa shape index (κ1) is 10.6. The van der Waals surface area contributed by atoms with Crippen LogP contribution in [0.2, 0.25) is 0 Å². The maximum absolute atomic E-state index is 4.51. The zero-order valence-electron chi connectivity index (χ0n) is 10.3. The molecule has 1 aliphatic rings. The number of rotatable bonds is 1. The molecule has 2 heteroatoms. The summed E-state index contributed by atoms with van der Waals surface area (Å²) in [5.41, 5.74) is 3.77. The first-order chi connectivity index (χ1) is 8.36. The predicted molar refractivity (Wildman–Crippen MR) is 72.5 cm³/mol. The zero-order chi connectivity index (χ0) is 11.7. The van der Waals surface area contributed by atoms with Gasteiger partial charge in [0.2, 0.25) is 0 Å². The van der Waals surface area contributed by atoms with E-state index >= 15 is 0 Å². The summed E-state index contributed by atoms with van der Waals surface area (Å²) in [5.74, 6) is 0. The molecule has 0 radical (unpaired) electrons. The minimum absolute atomic E-state index is 1.15. The maximum atomic E-state index is 4.51. The van der Waals surface area contributed by atoms with Crippen molar-refractivity contribution in [2.75, 3.05) is 18.0 Å². The van der Waals surface area contributed by atoms with Gasteiger partial charge in [0.1, 0.15) is 0 Å². The summed E-state index contributed by atoms with van der Waals surface area (Å²) < 4.78 is 0. The zero-order valence-corrected chi connectivity index (χ0v) is 10.3. The van der Waals surface area contributed by atoms with E-state index < -0.39 is 0 Å². The van der Waals surface area contributed by atoms with E-state index in [0.717, 1.165) is 5.52 Å². The van der Waals surface area contributed by atoms with Crippen molar-refractivity contribution in [3.05, 3.63) is 36.0 Å². The highest BCUT2D eigenvalue weighted by atomic mass is 15.1. The SMILES string of the molecule is Cc1cccc2c(N3CCCCC3)ccnc12. The van der Waals surface area contributed by atoms with Crippen LogP contribution >= 0.6 is 0 Å². The van der Waals surface area contributed by atoms with E-state index in [9.17, 15) is 0 Å². The molecule has 0 spiro atoms. The molecule has 1 aliphatic heterocycles. The minimum Gasteiger partial charge on any atom is -0.371 e. The van der Waals surface area contributed by atoms with Crippen molar-refractivity contribution in [3.63, 3.8) is 0 Å². The van der Waals surface area contributed by atoms with E-state index in [1.54, 1.807) is 0 Å². The Balaban J connectivity index is 2.12. The molecule has 1 aromatic heterocycles. The van der Waals surface area contributed by atoms with Gasteiger partial charge in [-0.15, -0.1) is 0 Å². The molecule has 2 nitrogen and oxygen atoms in total. The lowest BCUT2D eigenvalue weighted by Crippen LogP contribution is -2.29. The highest BCUT2D eigenvalue weighted by molar-refractivity contribution is 5.93. The number of fused-ring (bicyclic) bond motifs is 1. The average Bonchev–Trinajstić information content (AvgIpc) is 2.40. The summed E-state index contributed by atoms with van der Waals surface area (Å²) in [5, 5.41) is 1.30. The van der Waals surface area contributed by atoms with Crippen LogP contribution in [0.15, 0.2) is 30.5 Å². The molecular weight excluding hydrogens is 208 g/mol. The van der Waals surface area contributed by atoms with Gasteiger partial charge in [0.05, 0.1) is 5.52 Å². The molecule has 17 heavy (non-hydrogen) atoms. The summed E-state index contributed by atoms with van der Waals surface area (Å²) >= 11 is 0. The number of hydrogen-bond acceptors (Lipinski definition) is 2. The van der Waals surface area contributed by atoms with Crippen LogP contribution < -0.4 is 4.90 Å². The number of pyridine rings is 1. The molecule has 0 amide bonds. The molecular formula is C15H18N2. The van der Waals surface area contributed by atoms with Crippen molar-refractivity contribution in [1.29, 1.82) is 0 Å². The van der Waals surface area contributed by atoms with Crippen molar-refractivity contribution in [1.82, 2.24) is 4.98 Å². The summed E-state index contributed by atoms with van der Waals surface area (Å²) in [6, 6.07) is 8.62. The monoisotopic (exact) mass is 226 g/mol. The minimum atomic E-state index is 1.15. The first-order valence-electron chi connectivity index (χ1n) is 6.45. The highest BCUT2D eigenvalue weighted by Gasteiger charge is 2.13. The molecule has 88 valence electrons. The molecule has 2 heterocycles. The summed E-state index contributed by atoms with van der Waals surface area (Å²) in [6.45, 7) is 4.51. The Hall–Kier alpha value is -1.57. The fourth-order valence-corrected chi connectivity index (χ4v) is 2.72. The van der Waals surface area contributed by atoms with Gasteiger partial charge in [-0.25, -0.2) is 0 Å².